The highest BCUT2D eigenvalue weighted by molar-refractivity contribution is 7.89. The molecule has 2 N–H and O–H groups in total. The lowest BCUT2D eigenvalue weighted by molar-refractivity contribution is 0.0977. The number of H-pyrrole nitrogens is 1. The zero-order valence-electron chi connectivity index (χ0n) is 12.6. The van der Waals surface area contributed by atoms with E-state index in [-0.39, 0.29) is 5.88 Å². The molecule has 0 saturated heterocycles. The summed E-state index contributed by atoms with van der Waals surface area (Å²) >= 11 is 0. The lowest BCUT2D eigenvalue weighted by Crippen LogP contribution is -2.30. The van der Waals surface area contributed by atoms with Crippen molar-refractivity contribution in [1.82, 2.24) is 19.7 Å². The summed E-state index contributed by atoms with van der Waals surface area (Å²) < 4.78 is 57.1. The quantitative estimate of drug-likeness (QED) is 0.725. The van der Waals surface area contributed by atoms with Crippen LogP contribution in [0.3, 0.4) is 0 Å². The zero-order valence-corrected chi connectivity index (χ0v) is 13.4. The molecule has 0 atom stereocenters. The predicted molar refractivity (Wildman–Crippen MR) is 82.6 cm³/mol. The maximum absolute atomic E-state index is 14.2. The second kappa shape index (κ2) is 6.09. The zero-order chi connectivity index (χ0) is 18.2. The number of nitrogens with one attached hydrogen (secondary N) is 2. The predicted octanol–water partition coefficient (Wildman–Crippen LogP) is 1.72. The molecule has 0 aliphatic rings. The van der Waals surface area contributed by atoms with Crippen LogP contribution in [0.25, 0.3) is 11.0 Å². The van der Waals surface area contributed by atoms with E-state index in [0.717, 1.165) is 0 Å². The van der Waals surface area contributed by atoms with Gasteiger partial charge in [0.15, 0.2) is 11.6 Å². The fourth-order valence-electron chi connectivity index (χ4n) is 2.03. The minimum atomic E-state index is -3.92. The molecule has 3 rings (SSSR count). The van der Waals surface area contributed by atoms with Gasteiger partial charge in [0.2, 0.25) is 15.9 Å². The summed E-state index contributed by atoms with van der Waals surface area (Å²) in [5.74, 6) is -4.09. The number of sulfonamides is 1. The standard InChI is InChI=1S/C14H10F2N4O4S/c1-25(22,23)20-13(21)7-4-9(16)11(5-8(7)15)24-14-12-10(2-3-17-12)18-6-19-14/h2-6,17H,1H3,(H,20,21). The molecule has 0 aliphatic carbocycles. The van der Waals surface area contributed by atoms with Crippen LogP contribution in [0.4, 0.5) is 8.78 Å². The maximum Gasteiger partial charge on any atom is 0.267 e. The van der Waals surface area contributed by atoms with Crippen LogP contribution in [0, 0.1) is 11.6 Å². The number of hydrogen-bond donors (Lipinski definition) is 2. The molecule has 3 aromatic rings. The summed E-state index contributed by atoms with van der Waals surface area (Å²) in [4.78, 5) is 22.3. The minimum absolute atomic E-state index is 0.0402. The molecule has 8 nitrogen and oxygen atoms in total. The average Bonchev–Trinajstić information content (AvgIpc) is 2.98. The van der Waals surface area contributed by atoms with Crippen LogP contribution in [0.15, 0.2) is 30.7 Å². The van der Waals surface area contributed by atoms with Crippen LogP contribution in [0.2, 0.25) is 0 Å². The van der Waals surface area contributed by atoms with E-state index in [9.17, 15) is 22.0 Å². The number of hydrogen-bond acceptors (Lipinski definition) is 6. The second-order valence-electron chi connectivity index (χ2n) is 4.98. The Morgan fingerprint density at radius 3 is 2.72 bits per heavy atom. The molecule has 25 heavy (non-hydrogen) atoms. The van der Waals surface area contributed by atoms with Gasteiger partial charge >= 0.3 is 0 Å². The molecule has 130 valence electrons. The molecular weight excluding hydrogens is 358 g/mol. The molecule has 0 fully saturated rings. The van der Waals surface area contributed by atoms with Crippen molar-refractivity contribution in [2.45, 2.75) is 0 Å². The Bertz CT molecular complexity index is 1080. The Balaban J connectivity index is 1.95. The van der Waals surface area contributed by atoms with E-state index >= 15 is 0 Å². The van der Waals surface area contributed by atoms with Gasteiger partial charge < -0.3 is 9.72 Å². The van der Waals surface area contributed by atoms with Gasteiger partial charge in [-0.25, -0.2) is 26.9 Å². The lowest BCUT2D eigenvalue weighted by Gasteiger charge is -2.09. The highest BCUT2D eigenvalue weighted by Crippen LogP contribution is 2.29. The first-order chi connectivity index (χ1) is 11.7. The number of carbonyl (C=O) groups is 1. The largest absolute Gasteiger partial charge is 0.434 e. The van der Waals surface area contributed by atoms with Crippen LogP contribution in [0.5, 0.6) is 11.6 Å². The Labute approximate surface area is 139 Å². The number of amides is 1. The Morgan fingerprint density at radius 1 is 1.24 bits per heavy atom. The first kappa shape index (κ1) is 16.8. The molecule has 11 heteroatoms. The molecule has 0 aliphatic heterocycles. The molecule has 2 aromatic heterocycles. The third-order valence-corrected chi connectivity index (χ3v) is 3.62. The van der Waals surface area contributed by atoms with Gasteiger partial charge in [-0.05, 0) is 12.1 Å². The molecule has 0 unspecified atom stereocenters. The van der Waals surface area contributed by atoms with E-state index < -0.39 is 38.9 Å². The number of benzene rings is 1. The SMILES string of the molecule is CS(=O)(=O)NC(=O)c1cc(F)c(Oc2ncnc3cc[nH]c23)cc1F. The highest BCUT2D eigenvalue weighted by Gasteiger charge is 2.20. The molecule has 0 spiro atoms. The third-order valence-electron chi connectivity index (χ3n) is 3.06. The van der Waals surface area contributed by atoms with Crippen molar-refractivity contribution in [3.8, 4) is 11.6 Å². The molecule has 0 radical (unpaired) electrons. The van der Waals surface area contributed by atoms with Gasteiger partial charge in [-0.1, -0.05) is 0 Å². The first-order valence-electron chi connectivity index (χ1n) is 6.72. The Morgan fingerprint density at radius 2 is 2.00 bits per heavy atom. The average molecular weight is 368 g/mol. The van der Waals surface area contributed by atoms with Gasteiger partial charge in [0.25, 0.3) is 5.91 Å². The first-order valence-corrected chi connectivity index (χ1v) is 8.61. The van der Waals surface area contributed by atoms with Gasteiger partial charge in [0.1, 0.15) is 17.7 Å². The van der Waals surface area contributed by atoms with E-state index in [1.54, 1.807) is 17.0 Å². The van der Waals surface area contributed by atoms with Crippen molar-refractivity contribution in [2.24, 2.45) is 0 Å². The van der Waals surface area contributed by atoms with E-state index in [1.165, 1.54) is 6.33 Å². The van der Waals surface area contributed by atoms with Gasteiger partial charge in [-0.2, -0.15) is 4.98 Å². The maximum atomic E-state index is 14.2. The fraction of sp³-hybridized carbons (Fsp3) is 0.0714. The van der Waals surface area contributed by atoms with Gasteiger partial charge in [0.05, 0.1) is 17.3 Å². The van der Waals surface area contributed by atoms with Crippen LogP contribution in [-0.4, -0.2) is 35.5 Å². The van der Waals surface area contributed by atoms with Crippen LogP contribution in [0.1, 0.15) is 10.4 Å². The second-order valence-corrected chi connectivity index (χ2v) is 6.73. The third kappa shape index (κ3) is 3.55. The number of aromatic nitrogens is 3. The number of aromatic amines is 1. The smallest absolute Gasteiger partial charge is 0.267 e. The van der Waals surface area contributed by atoms with Crippen molar-refractivity contribution in [1.29, 1.82) is 0 Å². The van der Waals surface area contributed by atoms with Gasteiger partial charge in [0, 0.05) is 12.3 Å². The summed E-state index contributed by atoms with van der Waals surface area (Å²) in [7, 11) is -3.92. The van der Waals surface area contributed by atoms with Crippen molar-refractivity contribution in [2.75, 3.05) is 6.26 Å². The Kier molecular flexibility index (Phi) is 4.08. The summed E-state index contributed by atoms with van der Waals surface area (Å²) in [5.41, 5.74) is 0.110. The molecule has 0 saturated carbocycles. The number of nitrogens with zero attached hydrogens (tertiary/aromatic N) is 2. The van der Waals surface area contributed by atoms with Crippen molar-refractivity contribution in [3.63, 3.8) is 0 Å². The summed E-state index contributed by atoms with van der Waals surface area (Å²) in [6, 6.07) is 2.81. The summed E-state index contributed by atoms with van der Waals surface area (Å²) in [5, 5.41) is 0. The topological polar surface area (TPSA) is 114 Å². The van der Waals surface area contributed by atoms with Crippen LogP contribution in [-0.2, 0) is 10.0 Å². The molecule has 1 amide bonds. The van der Waals surface area contributed by atoms with Crippen molar-refractivity contribution >= 4 is 27.0 Å². The van der Waals surface area contributed by atoms with E-state index in [0.29, 0.717) is 29.4 Å². The summed E-state index contributed by atoms with van der Waals surface area (Å²) in [6.45, 7) is 0. The lowest BCUT2D eigenvalue weighted by atomic mass is 10.2. The molecule has 2 heterocycles. The number of ether oxygens (including phenoxy) is 1. The number of carbonyl (C=O) groups excluding carboxylic acids is 1. The minimum Gasteiger partial charge on any atom is -0.434 e. The van der Waals surface area contributed by atoms with E-state index in [4.69, 9.17) is 4.74 Å². The van der Waals surface area contributed by atoms with Gasteiger partial charge in [-0.3, -0.25) is 4.79 Å². The van der Waals surface area contributed by atoms with Gasteiger partial charge in [-0.15, -0.1) is 0 Å². The normalized spacial score (nSPS) is 11.5. The molecule has 1 aromatic carbocycles. The summed E-state index contributed by atoms with van der Waals surface area (Å²) in [6.07, 6.45) is 3.48. The van der Waals surface area contributed by atoms with Crippen molar-refractivity contribution < 1.29 is 26.7 Å². The van der Waals surface area contributed by atoms with Crippen molar-refractivity contribution in [3.05, 3.63) is 47.9 Å². The number of rotatable bonds is 4. The van der Waals surface area contributed by atoms with Crippen LogP contribution < -0.4 is 9.46 Å². The number of fused-ring (bicyclic) bond motifs is 1. The highest BCUT2D eigenvalue weighted by atomic mass is 32.2. The van der Waals surface area contributed by atoms with E-state index in [1.807, 2.05) is 0 Å². The monoisotopic (exact) mass is 368 g/mol. The molecular formula is C14H10F2N4O4S. The fourth-order valence-corrected chi connectivity index (χ4v) is 2.48. The van der Waals surface area contributed by atoms with Crippen LogP contribution >= 0.6 is 0 Å². The number of halogens is 2. The van der Waals surface area contributed by atoms with E-state index in [2.05, 4.69) is 15.0 Å². The molecule has 0 bridgehead atoms. The Hall–Kier alpha value is -3.08.